The largest absolute Gasteiger partial charge is 0.494 e. The van der Waals surface area contributed by atoms with Crippen LogP contribution in [0.5, 0.6) is 5.75 Å². The van der Waals surface area contributed by atoms with Crippen molar-refractivity contribution in [3.8, 4) is 5.75 Å². The van der Waals surface area contributed by atoms with Crippen molar-refractivity contribution in [1.82, 2.24) is 0 Å². The normalized spacial score (nSPS) is 9.50. The molecule has 12 heavy (non-hydrogen) atoms. The summed E-state index contributed by atoms with van der Waals surface area (Å²) < 4.78 is 4.98. The van der Waals surface area contributed by atoms with Gasteiger partial charge >= 0.3 is 0 Å². The Morgan fingerprint density at radius 1 is 1.50 bits per heavy atom. The third kappa shape index (κ3) is 1.44. The molecule has 64 valence electrons. The van der Waals surface area contributed by atoms with Crippen LogP contribution in [0.25, 0.3) is 0 Å². The first-order chi connectivity index (χ1) is 5.83. The van der Waals surface area contributed by atoms with Gasteiger partial charge < -0.3 is 4.74 Å². The Morgan fingerprint density at radius 3 is 2.75 bits per heavy atom. The van der Waals surface area contributed by atoms with Crippen LogP contribution in [0.2, 0.25) is 0 Å². The van der Waals surface area contributed by atoms with E-state index < -0.39 is 0 Å². The Labute approximate surface area is 71.3 Å². The van der Waals surface area contributed by atoms with E-state index in [4.69, 9.17) is 4.74 Å². The van der Waals surface area contributed by atoms with Gasteiger partial charge in [0.25, 0.3) is 0 Å². The Balaban J connectivity index is 3.21. The second-order valence-electron chi connectivity index (χ2n) is 2.41. The number of methoxy groups -OCH3 is 1. The Hall–Kier alpha value is -1.38. The van der Waals surface area contributed by atoms with Crippen LogP contribution in [0.1, 0.15) is 12.5 Å². The minimum absolute atomic E-state index is 0.419. The highest BCUT2D eigenvalue weighted by molar-refractivity contribution is 5.57. The summed E-state index contributed by atoms with van der Waals surface area (Å²) in [7, 11) is 1.53. The molecule has 0 saturated heterocycles. The van der Waals surface area contributed by atoms with Crippen LogP contribution in [-0.4, -0.2) is 7.11 Å². The number of aryl methyl sites for hydroxylation is 1. The molecule has 0 aliphatic rings. The molecule has 1 rings (SSSR count). The molecule has 0 spiro atoms. The van der Waals surface area contributed by atoms with Gasteiger partial charge in [-0.05, 0) is 23.2 Å². The predicted octanol–water partition coefficient (Wildman–Crippen LogP) is 2.66. The Bertz CT molecular complexity index is 262. The van der Waals surface area contributed by atoms with Gasteiger partial charge in [-0.2, -0.15) is 0 Å². The number of hydrogen-bond donors (Lipinski definition) is 0. The number of benzene rings is 1. The van der Waals surface area contributed by atoms with Crippen molar-refractivity contribution in [2.45, 2.75) is 13.3 Å². The fourth-order valence-electron chi connectivity index (χ4n) is 1.12. The van der Waals surface area contributed by atoms with E-state index in [1.165, 1.54) is 7.11 Å². The zero-order valence-electron chi connectivity index (χ0n) is 7.20. The molecule has 0 amide bonds. The summed E-state index contributed by atoms with van der Waals surface area (Å²) in [6.07, 6.45) is 0.790. The molecule has 0 saturated carbocycles. The van der Waals surface area contributed by atoms with E-state index in [2.05, 4.69) is 5.18 Å². The van der Waals surface area contributed by atoms with Crippen LogP contribution in [-0.2, 0) is 6.42 Å². The van der Waals surface area contributed by atoms with Gasteiger partial charge in [-0.1, -0.05) is 19.1 Å². The highest BCUT2D eigenvalue weighted by Crippen LogP contribution is 2.30. The van der Waals surface area contributed by atoms with Crippen molar-refractivity contribution >= 4 is 5.69 Å². The van der Waals surface area contributed by atoms with Crippen LogP contribution >= 0.6 is 0 Å². The lowest BCUT2D eigenvalue weighted by Crippen LogP contribution is -1.87. The fourth-order valence-corrected chi connectivity index (χ4v) is 1.12. The van der Waals surface area contributed by atoms with E-state index in [1.807, 2.05) is 19.1 Å². The molecule has 0 atom stereocenters. The van der Waals surface area contributed by atoms with Crippen molar-refractivity contribution < 1.29 is 4.74 Å². The molecule has 0 N–H and O–H groups in total. The average Bonchev–Trinajstić information content (AvgIpc) is 2.16. The van der Waals surface area contributed by atoms with Crippen molar-refractivity contribution in [3.63, 3.8) is 0 Å². The van der Waals surface area contributed by atoms with Crippen LogP contribution in [0.4, 0.5) is 5.69 Å². The second-order valence-corrected chi connectivity index (χ2v) is 2.41. The molecular formula is C9H11NO2. The molecule has 0 heterocycles. The topological polar surface area (TPSA) is 38.7 Å². The van der Waals surface area contributed by atoms with Crippen molar-refractivity contribution in [2.75, 3.05) is 7.11 Å². The zero-order chi connectivity index (χ0) is 8.97. The van der Waals surface area contributed by atoms with Gasteiger partial charge in [0.1, 0.15) is 5.75 Å². The molecule has 0 unspecified atom stereocenters. The third-order valence-corrected chi connectivity index (χ3v) is 1.77. The monoisotopic (exact) mass is 165 g/mol. The van der Waals surface area contributed by atoms with E-state index >= 15 is 0 Å². The predicted molar refractivity (Wildman–Crippen MR) is 47.8 cm³/mol. The number of ether oxygens (including phenoxy) is 1. The highest BCUT2D eigenvalue weighted by atomic mass is 16.5. The summed E-state index contributed by atoms with van der Waals surface area (Å²) in [5, 5.41) is 2.94. The molecule has 1 aromatic carbocycles. The maximum Gasteiger partial charge on any atom is 0.153 e. The highest BCUT2D eigenvalue weighted by Gasteiger charge is 2.06. The maximum absolute atomic E-state index is 10.4. The van der Waals surface area contributed by atoms with Crippen LogP contribution in [0.15, 0.2) is 23.4 Å². The van der Waals surface area contributed by atoms with Gasteiger partial charge in [0.05, 0.1) is 7.11 Å². The first-order valence-electron chi connectivity index (χ1n) is 3.82. The van der Waals surface area contributed by atoms with E-state index in [9.17, 15) is 4.91 Å². The van der Waals surface area contributed by atoms with Crippen molar-refractivity contribution in [3.05, 3.63) is 28.7 Å². The first-order valence-corrected chi connectivity index (χ1v) is 3.82. The second kappa shape index (κ2) is 3.85. The third-order valence-electron chi connectivity index (χ3n) is 1.77. The van der Waals surface area contributed by atoms with Gasteiger partial charge in [0, 0.05) is 0 Å². The minimum atomic E-state index is 0.419. The number of nitroso groups, excluding NO2 is 1. The standard InChI is InChI=1S/C9H11NO2/c1-3-7-5-4-6-8(12-2)9(7)10-11/h4-6H,3H2,1-2H3. The molecule has 0 aliphatic heterocycles. The molecule has 0 bridgehead atoms. The number of nitrogens with zero attached hydrogens (tertiary/aromatic N) is 1. The molecule has 0 radical (unpaired) electrons. The van der Waals surface area contributed by atoms with E-state index in [-0.39, 0.29) is 0 Å². The lowest BCUT2D eigenvalue weighted by atomic mass is 10.1. The first kappa shape index (κ1) is 8.71. The zero-order valence-corrected chi connectivity index (χ0v) is 7.20. The average molecular weight is 165 g/mol. The SMILES string of the molecule is CCc1cccc(OC)c1N=O. The minimum Gasteiger partial charge on any atom is -0.494 e. The summed E-state index contributed by atoms with van der Waals surface area (Å²) in [4.78, 5) is 10.4. The summed E-state index contributed by atoms with van der Waals surface area (Å²) in [6.45, 7) is 1.98. The number of rotatable bonds is 3. The van der Waals surface area contributed by atoms with Gasteiger partial charge in [-0.3, -0.25) is 0 Å². The lowest BCUT2D eigenvalue weighted by molar-refractivity contribution is 0.415. The summed E-state index contributed by atoms with van der Waals surface area (Å²) in [5.41, 5.74) is 1.34. The molecule has 0 fully saturated rings. The fraction of sp³-hybridized carbons (Fsp3) is 0.333. The smallest absolute Gasteiger partial charge is 0.153 e. The van der Waals surface area contributed by atoms with Gasteiger partial charge in [0.2, 0.25) is 0 Å². The maximum atomic E-state index is 10.4. The molecule has 3 heteroatoms. The lowest BCUT2D eigenvalue weighted by Gasteiger charge is -2.04. The molecule has 0 aliphatic carbocycles. The van der Waals surface area contributed by atoms with E-state index in [0.29, 0.717) is 11.4 Å². The number of hydrogen-bond acceptors (Lipinski definition) is 3. The Kier molecular flexibility index (Phi) is 2.80. The van der Waals surface area contributed by atoms with Gasteiger partial charge in [-0.15, -0.1) is 4.91 Å². The van der Waals surface area contributed by atoms with Crippen LogP contribution in [0, 0.1) is 4.91 Å². The van der Waals surface area contributed by atoms with Gasteiger partial charge in [-0.25, -0.2) is 0 Å². The molecule has 0 aromatic heterocycles. The molecular weight excluding hydrogens is 154 g/mol. The summed E-state index contributed by atoms with van der Waals surface area (Å²) in [5.74, 6) is 0.546. The van der Waals surface area contributed by atoms with Gasteiger partial charge in [0.15, 0.2) is 5.69 Å². The van der Waals surface area contributed by atoms with Crippen molar-refractivity contribution in [1.29, 1.82) is 0 Å². The van der Waals surface area contributed by atoms with Crippen LogP contribution < -0.4 is 4.74 Å². The Morgan fingerprint density at radius 2 is 2.25 bits per heavy atom. The van der Waals surface area contributed by atoms with E-state index in [1.54, 1.807) is 6.07 Å². The summed E-state index contributed by atoms with van der Waals surface area (Å²) in [6, 6.07) is 5.46. The molecule has 1 aromatic rings. The summed E-state index contributed by atoms with van der Waals surface area (Å²) >= 11 is 0. The van der Waals surface area contributed by atoms with Crippen LogP contribution in [0.3, 0.4) is 0 Å². The van der Waals surface area contributed by atoms with E-state index in [0.717, 1.165) is 12.0 Å². The molecule has 3 nitrogen and oxygen atoms in total. The van der Waals surface area contributed by atoms with Crippen molar-refractivity contribution in [2.24, 2.45) is 5.18 Å². The quantitative estimate of drug-likeness (QED) is 0.646.